The number of aliphatic carboxylic acids is 1. The molecule has 0 amide bonds. The van der Waals surface area contributed by atoms with Crippen molar-refractivity contribution in [3.8, 4) is 0 Å². The topological polar surface area (TPSA) is 37.3 Å². The molecule has 0 heterocycles. The summed E-state index contributed by atoms with van der Waals surface area (Å²) in [5, 5.41) is 9.21. The van der Waals surface area contributed by atoms with Gasteiger partial charge >= 0.3 is 5.97 Å². The largest absolute Gasteiger partial charge is 0.481 e. The molecule has 3 atom stereocenters. The first-order valence-corrected chi connectivity index (χ1v) is 5.60. The molecule has 2 heteroatoms. The van der Waals surface area contributed by atoms with Gasteiger partial charge in [0.25, 0.3) is 0 Å². The van der Waals surface area contributed by atoms with E-state index >= 15 is 0 Å². The lowest BCUT2D eigenvalue weighted by molar-refractivity contribution is -0.145. The molecule has 0 aromatic rings. The molecule has 2 nitrogen and oxygen atoms in total. The lowest BCUT2D eigenvalue weighted by atomic mass is 9.70. The normalized spacial score (nSPS) is 45.1. The summed E-state index contributed by atoms with van der Waals surface area (Å²) in [6.07, 6.45) is 4.41. The first-order valence-electron chi connectivity index (χ1n) is 5.60. The van der Waals surface area contributed by atoms with E-state index in [-0.39, 0.29) is 11.3 Å². The quantitative estimate of drug-likeness (QED) is 0.700. The molecular formula is C12H20O2. The highest BCUT2D eigenvalue weighted by atomic mass is 16.4. The van der Waals surface area contributed by atoms with Gasteiger partial charge in [0, 0.05) is 0 Å². The van der Waals surface area contributed by atoms with Gasteiger partial charge in [-0.3, -0.25) is 4.79 Å². The smallest absolute Gasteiger partial charge is 0.306 e. The molecular weight excluding hydrogens is 176 g/mol. The van der Waals surface area contributed by atoms with Crippen LogP contribution in [0.15, 0.2) is 0 Å². The van der Waals surface area contributed by atoms with Gasteiger partial charge in [-0.1, -0.05) is 20.8 Å². The van der Waals surface area contributed by atoms with E-state index in [0.29, 0.717) is 11.3 Å². The Morgan fingerprint density at radius 2 is 1.86 bits per heavy atom. The second kappa shape index (κ2) is 2.74. The third-order valence-corrected chi connectivity index (χ3v) is 4.68. The molecule has 14 heavy (non-hydrogen) atoms. The number of rotatable bonds is 1. The predicted molar refractivity (Wildman–Crippen MR) is 55.0 cm³/mol. The van der Waals surface area contributed by atoms with Gasteiger partial charge < -0.3 is 5.11 Å². The maximum absolute atomic E-state index is 11.2. The lowest BCUT2D eigenvalue weighted by Crippen LogP contribution is -2.33. The summed E-state index contributed by atoms with van der Waals surface area (Å²) in [7, 11) is 0. The number of carboxylic acid groups (broad SMARTS) is 1. The monoisotopic (exact) mass is 196 g/mol. The van der Waals surface area contributed by atoms with Gasteiger partial charge in [-0.25, -0.2) is 0 Å². The minimum absolute atomic E-state index is 0.0856. The predicted octanol–water partition coefficient (Wildman–Crippen LogP) is 2.92. The second-order valence-electron chi connectivity index (χ2n) is 6.10. The highest BCUT2D eigenvalue weighted by Crippen LogP contribution is 2.63. The second-order valence-corrected chi connectivity index (χ2v) is 6.10. The minimum Gasteiger partial charge on any atom is -0.481 e. The van der Waals surface area contributed by atoms with Crippen LogP contribution in [0.25, 0.3) is 0 Å². The first kappa shape index (κ1) is 10.0. The standard InChI is InChI=1S/C12H20O2/c1-11(2)6-7-12(3)5-4-8(9(11)12)10(13)14/h8-9H,4-7H2,1-3H3,(H,13,14)/t8-,9-,12+/m0/s1. The molecule has 0 radical (unpaired) electrons. The van der Waals surface area contributed by atoms with Crippen LogP contribution >= 0.6 is 0 Å². The summed E-state index contributed by atoms with van der Waals surface area (Å²) in [5.41, 5.74) is 0.543. The highest BCUT2D eigenvalue weighted by molar-refractivity contribution is 5.71. The SMILES string of the molecule is CC1(C)CC[C@@]2(C)CC[C@H](C(=O)O)[C@@H]12. The van der Waals surface area contributed by atoms with Crippen LogP contribution in [0.1, 0.15) is 46.5 Å². The van der Waals surface area contributed by atoms with Crippen molar-refractivity contribution in [3.63, 3.8) is 0 Å². The number of carbonyl (C=O) groups is 1. The van der Waals surface area contributed by atoms with Crippen molar-refractivity contribution in [1.82, 2.24) is 0 Å². The Labute approximate surface area is 85.7 Å². The number of fused-ring (bicyclic) bond motifs is 1. The van der Waals surface area contributed by atoms with Gasteiger partial charge in [-0.15, -0.1) is 0 Å². The minimum atomic E-state index is -0.575. The molecule has 2 saturated carbocycles. The molecule has 80 valence electrons. The fourth-order valence-electron chi connectivity index (χ4n) is 4.09. The lowest BCUT2D eigenvalue weighted by Gasteiger charge is -2.34. The molecule has 0 bridgehead atoms. The highest BCUT2D eigenvalue weighted by Gasteiger charge is 2.58. The van der Waals surface area contributed by atoms with Crippen molar-refractivity contribution >= 4 is 5.97 Å². The van der Waals surface area contributed by atoms with E-state index in [9.17, 15) is 9.90 Å². The van der Waals surface area contributed by atoms with Gasteiger partial charge in [0.2, 0.25) is 0 Å². The zero-order chi connectivity index (χ0) is 10.6. The summed E-state index contributed by atoms with van der Waals surface area (Å²) >= 11 is 0. The zero-order valence-electron chi connectivity index (χ0n) is 9.34. The van der Waals surface area contributed by atoms with E-state index in [4.69, 9.17) is 0 Å². The van der Waals surface area contributed by atoms with Gasteiger partial charge in [0.05, 0.1) is 5.92 Å². The Hall–Kier alpha value is -0.530. The van der Waals surface area contributed by atoms with E-state index in [1.807, 2.05) is 0 Å². The van der Waals surface area contributed by atoms with Crippen LogP contribution in [0.3, 0.4) is 0 Å². The van der Waals surface area contributed by atoms with Crippen LogP contribution < -0.4 is 0 Å². The molecule has 0 aliphatic heterocycles. The maximum Gasteiger partial charge on any atom is 0.306 e. The Balaban J connectivity index is 2.33. The number of carboxylic acids is 1. The average molecular weight is 196 g/mol. The summed E-state index contributed by atoms with van der Waals surface area (Å²) in [4.78, 5) is 11.2. The van der Waals surface area contributed by atoms with Crippen molar-refractivity contribution in [2.75, 3.05) is 0 Å². The van der Waals surface area contributed by atoms with E-state index in [2.05, 4.69) is 20.8 Å². The molecule has 0 spiro atoms. The van der Waals surface area contributed by atoms with Crippen LogP contribution in [-0.2, 0) is 4.79 Å². The van der Waals surface area contributed by atoms with E-state index in [0.717, 1.165) is 12.8 Å². The van der Waals surface area contributed by atoms with Crippen molar-refractivity contribution in [2.45, 2.75) is 46.5 Å². The third kappa shape index (κ3) is 1.19. The first-order chi connectivity index (χ1) is 6.37. The van der Waals surface area contributed by atoms with Crippen molar-refractivity contribution < 1.29 is 9.90 Å². The third-order valence-electron chi connectivity index (χ3n) is 4.68. The van der Waals surface area contributed by atoms with Crippen LogP contribution in [0.2, 0.25) is 0 Å². The molecule has 1 N–H and O–H groups in total. The molecule has 2 fully saturated rings. The average Bonchev–Trinajstić information content (AvgIpc) is 2.50. The maximum atomic E-state index is 11.2. The molecule has 0 aromatic carbocycles. The summed E-state index contributed by atoms with van der Waals surface area (Å²) < 4.78 is 0. The Morgan fingerprint density at radius 1 is 1.21 bits per heavy atom. The Bertz CT molecular complexity index is 269. The van der Waals surface area contributed by atoms with E-state index in [1.165, 1.54) is 12.8 Å². The number of hydrogen-bond donors (Lipinski definition) is 1. The molecule has 0 aromatic heterocycles. The Morgan fingerprint density at radius 3 is 2.43 bits per heavy atom. The fourth-order valence-corrected chi connectivity index (χ4v) is 4.09. The zero-order valence-corrected chi connectivity index (χ0v) is 9.34. The van der Waals surface area contributed by atoms with Gasteiger partial charge in [-0.2, -0.15) is 0 Å². The van der Waals surface area contributed by atoms with Crippen molar-refractivity contribution in [3.05, 3.63) is 0 Å². The summed E-state index contributed by atoms with van der Waals surface area (Å²) in [5.74, 6) is -0.265. The van der Waals surface area contributed by atoms with Gasteiger partial charge in [0.1, 0.15) is 0 Å². The van der Waals surface area contributed by atoms with E-state index < -0.39 is 5.97 Å². The molecule has 2 rings (SSSR count). The summed E-state index contributed by atoms with van der Waals surface area (Å²) in [6.45, 7) is 6.77. The summed E-state index contributed by atoms with van der Waals surface area (Å²) in [6, 6.07) is 0. The van der Waals surface area contributed by atoms with E-state index in [1.54, 1.807) is 0 Å². The van der Waals surface area contributed by atoms with Crippen LogP contribution in [-0.4, -0.2) is 11.1 Å². The molecule has 0 saturated heterocycles. The van der Waals surface area contributed by atoms with Crippen LogP contribution in [0.4, 0.5) is 0 Å². The van der Waals surface area contributed by atoms with Crippen molar-refractivity contribution in [1.29, 1.82) is 0 Å². The molecule has 2 aliphatic carbocycles. The molecule has 2 aliphatic rings. The van der Waals surface area contributed by atoms with Gasteiger partial charge in [-0.05, 0) is 42.4 Å². The Kier molecular flexibility index (Phi) is 1.96. The van der Waals surface area contributed by atoms with Crippen molar-refractivity contribution in [2.24, 2.45) is 22.7 Å². The molecule has 0 unspecified atom stereocenters. The number of hydrogen-bond acceptors (Lipinski definition) is 1. The fraction of sp³-hybridized carbons (Fsp3) is 0.917. The van der Waals surface area contributed by atoms with Crippen LogP contribution in [0.5, 0.6) is 0 Å². The van der Waals surface area contributed by atoms with Crippen LogP contribution in [0, 0.1) is 22.7 Å². The van der Waals surface area contributed by atoms with Gasteiger partial charge in [0.15, 0.2) is 0 Å².